The van der Waals surface area contributed by atoms with E-state index in [2.05, 4.69) is 77.1 Å². The van der Waals surface area contributed by atoms with E-state index in [1.165, 1.54) is 27.8 Å². The lowest BCUT2D eigenvalue weighted by molar-refractivity contribution is 0.785. The van der Waals surface area contributed by atoms with Crippen molar-refractivity contribution in [1.29, 1.82) is 0 Å². The smallest absolute Gasteiger partial charge is 0.0146 e. The molecular formula is C19H24. The molecule has 2 aromatic carbocycles. The maximum absolute atomic E-state index is 2.30. The van der Waals surface area contributed by atoms with Crippen molar-refractivity contribution < 1.29 is 0 Å². The highest BCUT2D eigenvalue weighted by molar-refractivity contribution is 5.70. The number of hydrogen-bond acceptors (Lipinski definition) is 0. The van der Waals surface area contributed by atoms with Crippen LogP contribution >= 0.6 is 0 Å². The summed E-state index contributed by atoms with van der Waals surface area (Å²) in [7, 11) is 0. The van der Waals surface area contributed by atoms with Crippen LogP contribution in [0.3, 0.4) is 0 Å². The van der Waals surface area contributed by atoms with E-state index in [0.29, 0.717) is 11.8 Å². The number of benzene rings is 2. The molecule has 19 heavy (non-hydrogen) atoms. The summed E-state index contributed by atoms with van der Waals surface area (Å²) in [6, 6.07) is 15.3. The molecule has 0 saturated carbocycles. The van der Waals surface area contributed by atoms with Gasteiger partial charge in [-0.25, -0.2) is 0 Å². The van der Waals surface area contributed by atoms with E-state index in [4.69, 9.17) is 0 Å². The summed E-state index contributed by atoms with van der Waals surface area (Å²) in [5.74, 6) is 1.12. The van der Waals surface area contributed by atoms with Crippen LogP contribution in [0.2, 0.25) is 0 Å². The normalized spacial score (nSPS) is 11.3. The lowest BCUT2D eigenvalue weighted by Crippen LogP contribution is -2.04. The molecular weight excluding hydrogens is 228 g/mol. The Morgan fingerprint density at radius 2 is 1.26 bits per heavy atom. The van der Waals surface area contributed by atoms with Gasteiger partial charge in [0.05, 0.1) is 0 Å². The van der Waals surface area contributed by atoms with E-state index in [1.54, 1.807) is 0 Å². The van der Waals surface area contributed by atoms with Crippen LogP contribution in [0.1, 0.15) is 56.2 Å². The third-order valence-corrected chi connectivity index (χ3v) is 3.74. The van der Waals surface area contributed by atoms with Gasteiger partial charge in [-0.3, -0.25) is 0 Å². The molecule has 2 aromatic rings. The van der Waals surface area contributed by atoms with E-state index in [0.717, 1.165) is 0 Å². The summed E-state index contributed by atoms with van der Waals surface area (Å²) >= 11 is 0. The summed E-state index contributed by atoms with van der Waals surface area (Å²) in [6.45, 7) is 11.4. The molecule has 0 aliphatic heterocycles. The van der Waals surface area contributed by atoms with Crippen molar-refractivity contribution in [2.75, 3.05) is 0 Å². The van der Waals surface area contributed by atoms with Crippen molar-refractivity contribution in [1.82, 2.24) is 0 Å². The van der Waals surface area contributed by atoms with Gasteiger partial charge >= 0.3 is 0 Å². The second-order valence-electron chi connectivity index (χ2n) is 5.93. The van der Waals surface area contributed by atoms with E-state index >= 15 is 0 Å². The summed E-state index contributed by atoms with van der Waals surface area (Å²) < 4.78 is 0. The Kier molecular flexibility index (Phi) is 4.09. The maximum atomic E-state index is 2.30. The molecule has 0 heterocycles. The summed E-state index contributed by atoms with van der Waals surface area (Å²) in [6.07, 6.45) is 0. The number of hydrogen-bond donors (Lipinski definition) is 0. The van der Waals surface area contributed by atoms with E-state index in [1.807, 2.05) is 0 Å². The van der Waals surface area contributed by atoms with Crippen LogP contribution in [0.15, 0.2) is 42.5 Å². The first kappa shape index (κ1) is 13.9. The zero-order valence-corrected chi connectivity index (χ0v) is 12.7. The minimum absolute atomic E-state index is 0.549. The first-order chi connectivity index (χ1) is 9.02. The van der Waals surface area contributed by atoms with E-state index < -0.39 is 0 Å². The largest absolute Gasteiger partial charge is 0.0622 e. The third-order valence-electron chi connectivity index (χ3n) is 3.74. The summed E-state index contributed by atoms with van der Waals surface area (Å²) in [5, 5.41) is 0. The number of rotatable bonds is 3. The summed E-state index contributed by atoms with van der Waals surface area (Å²) in [5.41, 5.74) is 7.17. The molecule has 0 radical (unpaired) electrons. The van der Waals surface area contributed by atoms with Crippen LogP contribution in [0.25, 0.3) is 11.1 Å². The molecule has 0 aliphatic rings. The highest BCUT2D eigenvalue weighted by atomic mass is 14.2. The molecule has 0 amide bonds. The minimum Gasteiger partial charge on any atom is -0.0622 e. The van der Waals surface area contributed by atoms with Crippen LogP contribution < -0.4 is 0 Å². The Bertz CT molecular complexity index is 548. The van der Waals surface area contributed by atoms with Gasteiger partial charge in [0, 0.05) is 0 Å². The molecule has 100 valence electrons. The molecule has 0 spiro atoms. The SMILES string of the molecule is Cc1ccc(-c2ccccc2)c(C(C)C)c1C(C)C. The van der Waals surface area contributed by atoms with Gasteiger partial charge in [-0.05, 0) is 46.6 Å². The molecule has 0 aliphatic carbocycles. The molecule has 0 atom stereocenters. The van der Waals surface area contributed by atoms with Crippen molar-refractivity contribution in [3.63, 3.8) is 0 Å². The highest BCUT2D eigenvalue weighted by Crippen LogP contribution is 2.37. The first-order valence-corrected chi connectivity index (χ1v) is 7.21. The molecule has 0 unspecified atom stereocenters. The molecule has 0 aromatic heterocycles. The Balaban J connectivity index is 2.72. The zero-order valence-electron chi connectivity index (χ0n) is 12.7. The van der Waals surface area contributed by atoms with Crippen molar-refractivity contribution >= 4 is 0 Å². The lowest BCUT2D eigenvalue weighted by atomic mass is 9.82. The van der Waals surface area contributed by atoms with Gasteiger partial charge in [0.1, 0.15) is 0 Å². The predicted molar refractivity (Wildman–Crippen MR) is 84.8 cm³/mol. The quantitative estimate of drug-likeness (QED) is 0.637. The third kappa shape index (κ3) is 2.73. The van der Waals surface area contributed by atoms with Crippen molar-refractivity contribution in [3.05, 3.63) is 59.2 Å². The molecule has 0 saturated heterocycles. The van der Waals surface area contributed by atoms with Gasteiger partial charge in [-0.1, -0.05) is 70.2 Å². The van der Waals surface area contributed by atoms with Crippen molar-refractivity contribution in [2.45, 2.75) is 46.5 Å². The molecule has 0 nitrogen and oxygen atoms in total. The fourth-order valence-electron chi connectivity index (χ4n) is 3.00. The van der Waals surface area contributed by atoms with Gasteiger partial charge in [-0.15, -0.1) is 0 Å². The van der Waals surface area contributed by atoms with Gasteiger partial charge in [0.15, 0.2) is 0 Å². The summed E-state index contributed by atoms with van der Waals surface area (Å²) in [4.78, 5) is 0. The van der Waals surface area contributed by atoms with Crippen molar-refractivity contribution in [3.8, 4) is 11.1 Å². The van der Waals surface area contributed by atoms with Gasteiger partial charge in [0.25, 0.3) is 0 Å². The second-order valence-corrected chi connectivity index (χ2v) is 5.93. The van der Waals surface area contributed by atoms with Crippen LogP contribution in [0.4, 0.5) is 0 Å². The van der Waals surface area contributed by atoms with Crippen molar-refractivity contribution in [2.24, 2.45) is 0 Å². The van der Waals surface area contributed by atoms with Crippen LogP contribution in [0.5, 0.6) is 0 Å². The Labute approximate surface area is 117 Å². The average Bonchev–Trinajstić information content (AvgIpc) is 2.38. The highest BCUT2D eigenvalue weighted by Gasteiger charge is 2.17. The maximum Gasteiger partial charge on any atom is -0.0146 e. The van der Waals surface area contributed by atoms with E-state index in [-0.39, 0.29) is 0 Å². The van der Waals surface area contributed by atoms with Crippen LogP contribution in [0, 0.1) is 6.92 Å². The number of aryl methyl sites for hydroxylation is 1. The topological polar surface area (TPSA) is 0 Å². The Hall–Kier alpha value is -1.56. The van der Waals surface area contributed by atoms with Gasteiger partial charge in [0.2, 0.25) is 0 Å². The average molecular weight is 252 g/mol. The van der Waals surface area contributed by atoms with E-state index in [9.17, 15) is 0 Å². The fraction of sp³-hybridized carbons (Fsp3) is 0.368. The lowest BCUT2D eigenvalue weighted by Gasteiger charge is -2.23. The Morgan fingerprint density at radius 1 is 0.684 bits per heavy atom. The van der Waals surface area contributed by atoms with Crippen LogP contribution in [-0.4, -0.2) is 0 Å². The standard InChI is InChI=1S/C19H24/c1-13(2)18-15(5)11-12-17(19(18)14(3)4)16-9-7-6-8-10-16/h6-14H,1-5H3. The molecule has 0 fully saturated rings. The molecule has 0 bridgehead atoms. The monoisotopic (exact) mass is 252 g/mol. The van der Waals surface area contributed by atoms with Crippen LogP contribution in [-0.2, 0) is 0 Å². The second kappa shape index (κ2) is 5.61. The Morgan fingerprint density at radius 3 is 1.79 bits per heavy atom. The molecule has 2 rings (SSSR count). The molecule has 0 N–H and O–H groups in total. The molecule has 0 heteroatoms. The minimum atomic E-state index is 0.549. The van der Waals surface area contributed by atoms with Gasteiger partial charge < -0.3 is 0 Å². The first-order valence-electron chi connectivity index (χ1n) is 7.21. The predicted octanol–water partition coefficient (Wildman–Crippen LogP) is 5.91. The zero-order chi connectivity index (χ0) is 14.0. The fourth-order valence-corrected chi connectivity index (χ4v) is 3.00. The van der Waals surface area contributed by atoms with Gasteiger partial charge in [-0.2, -0.15) is 0 Å².